The molecule has 100 valence electrons. The number of nitrogens with zero attached hydrogens (tertiary/aromatic N) is 1. The zero-order chi connectivity index (χ0) is 14.4. The number of para-hydroxylation sites is 1. The van der Waals surface area contributed by atoms with E-state index >= 15 is 0 Å². The third kappa shape index (κ3) is 2.01. The van der Waals surface area contributed by atoms with Crippen molar-refractivity contribution in [3.8, 4) is 0 Å². The molecule has 0 fully saturated rings. The lowest BCUT2D eigenvalue weighted by Crippen LogP contribution is -1.99. The Morgan fingerprint density at radius 1 is 0.762 bits per heavy atom. The van der Waals surface area contributed by atoms with Crippen LogP contribution in [-0.4, -0.2) is 4.98 Å². The van der Waals surface area contributed by atoms with E-state index in [2.05, 4.69) is 20.9 Å². The van der Waals surface area contributed by atoms with Gasteiger partial charge >= 0.3 is 0 Å². The van der Waals surface area contributed by atoms with Gasteiger partial charge in [-0.3, -0.25) is 4.79 Å². The number of pyridine rings is 1. The Morgan fingerprint density at radius 2 is 1.57 bits per heavy atom. The summed E-state index contributed by atoms with van der Waals surface area (Å²) in [6.45, 7) is 0. The summed E-state index contributed by atoms with van der Waals surface area (Å²) in [4.78, 5) is 17.4. The van der Waals surface area contributed by atoms with Gasteiger partial charge in [0.15, 0.2) is 5.43 Å². The lowest BCUT2D eigenvalue weighted by Gasteiger charge is -1.98. The van der Waals surface area contributed by atoms with Gasteiger partial charge in [-0.2, -0.15) is 0 Å². The second-order valence-electron chi connectivity index (χ2n) is 5.01. The molecule has 0 aliphatic carbocycles. The van der Waals surface area contributed by atoms with Crippen LogP contribution in [0.5, 0.6) is 0 Å². The number of hydrogen-bond acceptors (Lipinski definition) is 2. The van der Waals surface area contributed by atoms with Crippen LogP contribution >= 0.6 is 15.9 Å². The molecular weight excluding hydrogens is 326 g/mol. The fourth-order valence-electron chi connectivity index (χ4n) is 2.62. The zero-order valence-corrected chi connectivity index (χ0v) is 12.6. The highest BCUT2D eigenvalue weighted by Crippen LogP contribution is 2.21. The number of benzene rings is 2. The smallest absolute Gasteiger partial charge is 0.195 e. The molecule has 0 saturated carbocycles. The number of fused-ring (bicyclic) bond motifs is 3. The molecule has 0 aliphatic heterocycles. The predicted molar refractivity (Wildman–Crippen MR) is 90.7 cm³/mol. The van der Waals surface area contributed by atoms with Gasteiger partial charge in [-0.25, -0.2) is 4.98 Å². The van der Waals surface area contributed by atoms with Gasteiger partial charge < -0.3 is 0 Å². The fraction of sp³-hybridized carbons (Fsp3) is 0. The van der Waals surface area contributed by atoms with Crippen molar-refractivity contribution in [2.45, 2.75) is 0 Å². The van der Waals surface area contributed by atoms with Crippen LogP contribution in [0.3, 0.4) is 0 Å². The molecule has 21 heavy (non-hydrogen) atoms. The van der Waals surface area contributed by atoms with Crippen LogP contribution in [0.4, 0.5) is 0 Å². The van der Waals surface area contributed by atoms with E-state index in [1.165, 1.54) is 0 Å². The summed E-state index contributed by atoms with van der Waals surface area (Å²) in [5.41, 5.74) is 1.65. The third-order valence-electron chi connectivity index (χ3n) is 3.68. The van der Waals surface area contributed by atoms with Gasteiger partial charge in [-0.15, -0.1) is 0 Å². The molecule has 0 atom stereocenters. The van der Waals surface area contributed by atoms with Gasteiger partial charge in [0.25, 0.3) is 0 Å². The lowest BCUT2D eigenvalue weighted by atomic mass is 10.1. The van der Waals surface area contributed by atoms with Gasteiger partial charge in [-0.05, 0) is 35.7 Å². The van der Waals surface area contributed by atoms with Crippen LogP contribution < -0.4 is 5.43 Å². The standard InChI is InChI=1S/C18H10BrNO/c19-13-7-5-11-6-8-17-15(18(21)14(11)10-13)9-12-3-1-2-4-16(12)20-17/h1-10H. The summed E-state index contributed by atoms with van der Waals surface area (Å²) in [6, 6.07) is 19.4. The largest absolute Gasteiger partial charge is 0.289 e. The van der Waals surface area contributed by atoms with E-state index in [1.54, 1.807) is 0 Å². The Hall–Kier alpha value is -2.26. The van der Waals surface area contributed by atoms with Crippen LogP contribution in [-0.2, 0) is 0 Å². The van der Waals surface area contributed by atoms with Gasteiger partial charge in [0.05, 0.1) is 11.0 Å². The maximum Gasteiger partial charge on any atom is 0.195 e. The number of halogens is 1. The second kappa shape index (κ2) is 4.64. The Bertz CT molecular complexity index is 1070. The number of aromatic nitrogens is 1. The van der Waals surface area contributed by atoms with Gasteiger partial charge in [0.1, 0.15) is 0 Å². The third-order valence-corrected chi connectivity index (χ3v) is 4.17. The van der Waals surface area contributed by atoms with Crippen LogP contribution in [0.15, 0.2) is 69.9 Å². The monoisotopic (exact) mass is 335 g/mol. The molecule has 3 aromatic carbocycles. The van der Waals surface area contributed by atoms with E-state index in [0.29, 0.717) is 10.8 Å². The molecule has 4 aromatic rings. The SMILES string of the molecule is O=c1c2cc(Br)ccc2ccc2nc3ccccc3cc12. The molecule has 0 bridgehead atoms. The van der Waals surface area contributed by atoms with Crippen molar-refractivity contribution in [2.75, 3.05) is 0 Å². The molecule has 3 heteroatoms. The van der Waals surface area contributed by atoms with Crippen LogP contribution in [0, 0.1) is 0 Å². The quantitative estimate of drug-likeness (QED) is 0.467. The minimum atomic E-state index is 0.0181. The second-order valence-corrected chi connectivity index (χ2v) is 5.92. The Labute approximate surface area is 129 Å². The van der Waals surface area contributed by atoms with Gasteiger partial charge in [0, 0.05) is 20.6 Å². The molecule has 0 aliphatic rings. The molecule has 0 spiro atoms. The molecule has 0 radical (unpaired) electrons. The average molecular weight is 336 g/mol. The molecule has 2 nitrogen and oxygen atoms in total. The van der Waals surface area contributed by atoms with Crippen molar-refractivity contribution in [1.29, 1.82) is 0 Å². The first-order chi connectivity index (χ1) is 10.2. The van der Waals surface area contributed by atoms with Gasteiger partial charge in [-0.1, -0.05) is 46.3 Å². The summed E-state index contributed by atoms with van der Waals surface area (Å²) in [5, 5.41) is 3.26. The summed E-state index contributed by atoms with van der Waals surface area (Å²) in [5.74, 6) is 0. The van der Waals surface area contributed by atoms with Crippen LogP contribution in [0.2, 0.25) is 0 Å². The lowest BCUT2D eigenvalue weighted by molar-refractivity contribution is 1.50. The molecule has 1 heterocycles. The highest BCUT2D eigenvalue weighted by atomic mass is 79.9. The first kappa shape index (κ1) is 12.5. The summed E-state index contributed by atoms with van der Waals surface area (Å²) < 4.78 is 0.903. The Kier molecular flexibility index (Phi) is 2.76. The van der Waals surface area contributed by atoms with E-state index < -0.39 is 0 Å². The normalized spacial score (nSPS) is 11.3. The molecule has 0 unspecified atom stereocenters. The summed E-state index contributed by atoms with van der Waals surface area (Å²) >= 11 is 3.43. The van der Waals surface area contributed by atoms with E-state index in [4.69, 9.17) is 0 Å². The number of rotatable bonds is 0. The van der Waals surface area contributed by atoms with Gasteiger partial charge in [0.2, 0.25) is 0 Å². The van der Waals surface area contributed by atoms with Crippen LogP contribution in [0.1, 0.15) is 0 Å². The number of hydrogen-bond donors (Lipinski definition) is 0. The topological polar surface area (TPSA) is 30.0 Å². The predicted octanol–water partition coefficient (Wildman–Crippen LogP) is 4.66. The van der Waals surface area contributed by atoms with E-state index in [9.17, 15) is 4.79 Å². The molecule has 0 amide bonds. The highest BCUT2D eigenvalue weighted by Gasteiger charge is 2.05. The zero-order valence-electron chi connectivity index (χ0n) is 11.0. The van der Waals surface area contributed by atoms with E-state index in [1.807, 2.05) is 60.7 Å². The maximum atomic E-state index is 12.8. The van der Waals surface area contributed by atoms with Crippen molar-refractivity contribution in [3.05, 3.63) is 75.4 Å². The van der Waals surface area contributed by atoms with Crippen LogP contribution in [0.25, 0.3) is 32.6 Å². The average Bonchev–Trinajstić information content (AvgIpc) is 2.63. The maximum absolute atomic E-state index is 12.8. The summed E-state index contributed by atoms with van der Waals surface area (Å²) in [7, 11) is 0. The minimum Gasteiger partial charge on any atom is -0.289 e. The van der Waals surface area contributed by atoms with Crippen molar-refractivity contribution >= 4 is 48.5 Å². The highest BCUT2D eigenvalue weighted by molar-refractivity contribution is 9.10. The summed E-state index contributed by atoms with van der Waals surface area (Å²) in [6.07, 6.45) is 0. The Balaban J connectivity index is 2.29. The molecular formula is C18H10BrNO. The molecule has 1 aromatic heterocycles. The first-order valence-electron chi connectivity index (χ1n) is 6.64. The van der Waals surface area contributed by atoms with Crippen molar-refractivity contribution in [1.82, 2.24) is 4.98 Å². The first-order valence-corrected chi connectivity index (χ1v) is 7.44. The van der Waals surface area contributed by atoms with Crippen molar-refractivity contribution in [3.63, 3.8) is 0 Å². The minimum absolute atomic E-state index is 0.0181. The van der Waals surface area contributed by atoms with E-state index in [0.717, 1.165) is 26.3 Å². The van der Waals surface area contributed by atoms with E-state index in [-0.39, 0.29) is 5.43 Å². The van der Waals surface area contributed by atoms with Crippen molar-refractivity contribution in [2.24, 2.45) is 0 Å². The fourth-order valence-corrected chi connectivity index (χ4v) is 2.99. The molecule has 4 rings (SSSR count). The van der Waals surface area contributed by atoms with Crippen molar-refractivity contribution < 1.29 is 0 Å². The molecule has 0 N–H and O–H groups in total. The molecule has 0 saturated heterocycles. The Morgan fingerprint density at radius 3 is 2.48 bits per heavy atom.